The number of H-pyrrole nitrogens is 1. The molecular weight excluding hydrogens is 300 g/mol. The lowest BCUT2D eigenvalue weighted by atomic mass is 10.1. The Morgan fingerprint density at radius 3 is 2.95 bits per heavy atom. The number of aromatic nitrogens is 3. The molecule has 0 aliphatic heterocycles. The van der Waals surface area contributed by atoms with Crippen LogP contribution < -0.4 is 0 Å². The van der Waals surface area contributed by atoms with Crippen molar-refractivity contribution in [2.45, 2.75) is 13.3 Å². The highest BCUT2D eigenvalue weighted by Crippen LogP contribution is 2.13. The maximum absolute atomic E-state index is 5.25. The summed E-state index contributed by atoms with van der Waals surface area (Å²) in [7, 11) is 0. The van der Waals surface area contributed by atoms with E-state index in [1.165, 1.54) is 10.4 Å². The van der Waals surface area contributed by atoms with Gasteiger partial charge in [0, 0.05) is 11.3 Å². The van der Waals surface area contributed by atoms with Crippen molar-refractivity contribution in [3.63, 3.8) is 0 Å². The summed E-state index contributed by atoms with van der Waals surface area (Å²) >= 11 is 6.95. The van der Waals surface area contributed by atoms with E-state index in [1.807, 2.05) is 30.5 Å². The van der Waals surface area contributed by atoms with Crippen LogP contribution in [-0.2, 0) is 6.42 Å². The van der Waals surface area contributed by atoms with Gasteiger partial charge < -0.3 is 0 Å². The fraction of sp³-hybridized carbons (Fsp3) is 0.133. The fourth-order valence-electron chi connectivity index (χ4n) is 1.98. The van der Waals surface area contributed by atoms with Crippen LogP contribution in [0.25, 0.3) is 0 Å². The third-order valence-corrected chi connectivity index (χ3v) is 4.27. The van der Waals surface area contributed by atoms with E-state index in [2.05, 4.69) is 39.7 Å². The van der Waals surface area contributed by atoms with Crippen LogP contribution in [0.4, 0.5) is 0 Å². The molecule has 106 valence electrons. The zero-order chi connectivity index (χ0) is 14.7. The van der Waals surface area contributed by atoms with E-state index in [0.717, 1.165) is 17.8 Å². The highest BCUT2D eigenvalue weighted by Gasteiger charge is 2.07. The molecule has 0 bridgehead atoms. The van der Waals surface area contributed by atoms with Crippen molar-refractivity contribution in [2.24, 2.45) is 5.10 Å². The van der Waals surface area contributed by atoms with Crippen LogP contribution in [0, 0.1) is 11.7 Å². The predicted molar refractivity (Wildman–Crippen MR) is 88.7 cm³/mol. The molecule has 0 atom stereocenters. The molecule has 2 heterocycles. The molecule has 0 amide bonds. The highest BCUT2D eigenvalue weighted by atomic mass is 32.1. The quantitative estimate of drug-likeness (QED) is 0.588. The second-order valence-electron chi connectivity index (χ2n) is 4.61. The number of thiophene rings is 1. The minimum Gasteiger partial charge on any atom is -0.250 e. The monoisotopic (exact) mass is 314 g/mol. The second-order valence-corrected chi connectivity index (χ2v) is 6.03. The van der Waals surface area contributed by atoms with Crippen molar-refractivity contribution in [3.8, 4) is 0 Å². The summed E-state index contributed by atoms with van der Waals surface area (Å²) in [6.45, 7) is 2.06. The minimum absolute atomic E-state index is 0.506. The predicted octanol–water partition coefficient (Wildman–Crippen LogP) is 3.78. The minimum atomic E-state index is 0.506. The van der Waals surface area contributed by atoms with Gasteiger partial charge in [-0.1, -0.05) is 30.3 Å². The van der Waals surface area contributed by atoms with Crippen LogP contribution >= 0.6 is 23.6 Å². The summed E-state index contributed by atoms with van der Waals surface area (Å²) in [5.74, 6) is 0.812. The first kappa shape index (κ1) is 13.9. The van der Waals surface area contributed by atoms with Crippen molar-refractivity contribution < 1.29 is 0 Å². The van der Waals surface area contributed by atoms with Crippen molar-refractivity contribution >= 4 is 29.8 Å². The van der Waals surface area contributed by atoms with Gasteiger partial charge >= 0.3 is 0 Å². The molecule has 4 nitrogen and oxygen atoms in total. The third-order valence-electron chi connectivity index (χ3n) is 3.13. The third kappa shape index (κ3) is 3.17. The molecule has 3 rings (SSSR count). The Bertz CT molecular complexity index is 812. The molecule has 2 aromatic heterocycles. The average Bonchev–Trinajstić information content (AvgIpc) is 3.10. The van der Waals surface area contributed by atoms with Crippen LogP contribution in [-0.4, -0.2) is 21.1 Å². The molecule has 0 spiro atoms. The van der Waals surface area contributed by atoms with Crippen LogP contribution in [0.5, 0.6) is 0 Å². The molecule has 21 heavy (non-hydrogen) atoms. The summed E-state index contributed by atoms with van der Waals surface area (Å²) in [5.41, 5.74) is 2.25. The van der Waals surface area contributed by atoms with Gasteiger partial charge in [0.25, 0.3) is 0 Å². The van der Waals surface area contributed by atoms with E-state index < -0.39 is 0 Å². The number of hydrogen-bond acceptors (Lipinski definition) is 4. The number of nitrogens with one attached hydrogen (secondary N) is 1. The average molecular weight is 314 g/mol. The molecule has 1 aromatic carbocycles. The lowest BCUT2D eigenvalue weighted by Crippen LogP contribution is -1.99. The van der Waals surface area contributed by atoms with Gasteiger partial charge in [0.15, 0.2) is 5.82 Å². The molecule has 0 radical (unpaired) electrons. The van der Waals surface area contributed by atoms with Crippen molar-refractivity contribution in [2.75, 3.05) is 0 Å². The highest BCUT2D eigenvalue weighted by molar-refractivity contribution is 7.71. The molecular formula is C15H14N4S2. The van der Waals surface area contributed by atoms with Gasteiger partial charge in [0.1, 0.15) is 0 Å². The van der Waals surface area contributed by atoms with Crippen molar-refractivity contribution in [1.29, 1.82) is 0 Å². The topological polar surface area (TPSA) is 46.0 Å². The van der Waals surface area contributed by atoms with Gasteiger partial charge in [0.2, 0.25) is 4.77 Å². The molecule has 0 aliphatic rings. The summed E-state index contributed by atoms with van der Waals surface area (Å²) in [6, 6.07) is 12.2. The van der Waals surface area contributed by atoms with Crippen LogP contribution in [0.3, 0.4) is 0 Å². The van der Waals surface area contributed by atoms with Crippen molar-refractivity contribution in [1.82, 2.24) is 14.9 Å². The van der Waals surface area contributed by atoms with Gasteiger partial charge in [-0.3, -0.25) is 5.10 Å². The van der Waals surface area contributed by atoms with E-state index in [0.29, 0.717) is 4.77 Å². The number of rotatable bonds is 4. The summed E-state index contributed by atoms with van der Waals surface area (Å²) < 4.78 is 2.19. The molecule has 0 fully saturated rings. The molecule has 3 aromatic rings. The summed E-state index contributed by atoms with van der Waals surface area (Å²) in [5, 5.41) is 13.6. The largest absolute Gasteiger partial charge is 0.250 e. The zero-order valence-corrected chi connectivity index (χ0v) is 13.1. The maximum atomic E-state index is 5.25. The summed E-state index contributed by atoms with van der Waals surface area (Å²) in [6.07, 6.45) is 2.54. The van der Waals surface area contributed by atoms with Crippen LogP contribution in [0.15, 0.2) is 46.9 Å². The van der Waals surface area contributed by atoms with E-state index >= 15 is 0 Å². The van der Waals surface area contributed by atoms with Crippen LogP contribution in [0.2, 0.25) is 0 Å². The molecule has 0 saturated heterocycles. The Labute approximate surface area is 131 Å². The Kier molecular flexibility index (Phi) is 4.08. The molecule has 0 aliphatic carbocycles. The van der Waals surface area contributed by atoms with E-state index in [1.54, 1.807) is 16.0 Å². The lowest BCUT2D eigenvalue weighted by Gasteiger charge is -2.00. The summed E-state index contributed by atoms with van der Waals surface area (Å²) in [4.78, 5) is 1.23. The lowest BCUT2D eigenvalue weighted by molar-refractivity contribution is 0.795. The number of nitrogens with zero attached hydrogens (tertiary/aromatic N) is 3. The normalized spacial score (nSPS) is 11.3. The van der Waals surface area contributed by atoms with Gasteiger partial charge in [-0.2, -0.15) is 14.9 Å². The Balaban J connectivity index is 1.90. The first-order chi connectivity index (χ1) is 10.2. The Morgan fingerprint density at radius 2 is 2.19 bits per heavy atom. The first-order valence-electron chi connectivity index (χ1n) is 6.53. The molecule has 0 unspecified atom stereocenters. The first-order valence-corrected chi connectivity index (χ1v) is 7.81. The van der Waals surface area contributed by atoms with E-state index in [4.69, 9.17) is 12.2 Å². The van der Waals surface area contributed by atoms with Gasteiger partial charge in [0.05, 0.1) is 6.21 Å². The zero-order valence-electron chi connectivity index (χ0n) is 11.5. The number of benzene rings is 1. The van der Waals surface area contributed by atoms with Gasteiger partial charge in [-0.15, -0.1) is 11.3 Å². The second kappa shape index (κ2) is 6.15. The van der Waals surface area contributed by atoms with Crippen molar-refractivity contribution in [3.05, 3.63) is 68.4 Å². The van der Waals surface area contributed by atoms with E-state index in [-0.39, 0.29) is 0 Å². The Morgan fingerprint density at radius 1 is 1.33 bits per heavy atom. The smallest absolute Gasteiger partial charge is 0.216 e. The molecule has 1 N–H and O–H groups in total. The molecule has 0 saturated carbocycles. The fourth-order valence-corrected chi connectivity index (χ4v) is 2.88. The van der Waals surface area contributed by atoms with Crippen LogP contribution in [0.1, 0.15) is 21.8 Å². The number of aromatic amines is 1. The van der Waals surface area contributed by atoms with Gasteiger partial charge in [-0.05, 0) is 41.7 Å². The van der Waals surface area contributed by atoms with Gasteiger partial charge in [-0.25, -0.2) is 0 Å². The van der Waals surface area contributed by atoms with E-state index in [9.17, 15) is 0 Å². The Hall–Kier alpha value is -2.05. The maximum Gasteiger partial charge on any atom is 0.216 e. The number of aryl methyl sites for hydroxylation is 1. The molecule has 6 heteroatoms. The standard InChI is InChI=1S/C15H14N4S2/c1-11-5-2-3-6-12(11)10-16-19-14(17-18-15(19)20)9-13-7-4-8-21-13/h2-8,10H,9H2,1H3,(H,18,20)/b16-10-. The number of hydrogen-bond donors (Lipinski definition) is 1. The SMILES string of the molecule is Cc1ccccc1/C=N\n1c(Cc2cccs2)n[nH]c1=S.